The van der Waals surface area contributed by atoms with Gasteiger partial charge in [-0.05, 0) is 30.0 Å². The van der Waals surface area contributed by atoms with Crippen LogP contribution >= 0.6 is 11.8 Å². The van der Waals surface area contributed by atoms with Crippen LogP contribution in [-0.4, -0.2) is 42.4 Å². The molecule has 1 amide bonds. The number of methoxy groups -OCH3 is 1. The van der Waals surface area contributed by atoms with E-state index in [2.05, 4.69) is 4.74 Å². The summed E-state index contributed by atoms with van der Waals surface area (Å²) < 4.78 is 4.50. The molecule has 0 aliphatic carbocycles. The molecule has 17 heavy (non-hydrogen) atoms. The Balaban J connectivity index is 2.89. The fourth-order valence-electron chi connectivity index (χ4n) is 1.05. The second-order valence-corrected chi connectivity index (χ2v) is 4.46. The lowest BCUT2D eigenvalue weighted by atomic mass is 10.2. The van der Waals surface area contributed by atoms with Gasteiger partial charge in [-0.3, -0.25) is 4.79 Å². The molecule has 0 atom stereocenters. The van der Waals surface area contributed by atoms with Gasteiger partial charge in [0, 0.05) is 19.0 Å². The summed E-state index contributed by atoms with van der Waals surface area (Å²) in [6.07, 6.45) is 0. The minimum absolute atomic E-state index is 0.0779. The van der Waals surface area contributed by atoms with Crippen molar-refractivity contribution in [1.82, 2.24) is 4.90 Å². The second-order valence-electron chi connectivity index (χ2n) is 3.43. The maximum absolute atomic E-state index is 11.4. The lowest BCUT2D eigenvalue weighted by Gasteiger charge is -2.09. The van der Waals surface area contributed by atoms with Crippen molar-refractivity contribution in [2.45, 2.75) is 4.90 Å². The number of carbonyl (C=O) groups excluding carboxylic acids is 2. The molecule has 0 saturated carbocycles. The molecule has 92 valence electrons. The van der Waals surface area contributed by atoms with Crippen molar-refractivity contribution in [3.05, 3.63) is 23.8 Å². The van der Waals surface area contributed by atoms with E-state index in [0.717, 1.165) is 11.8 Å². The molecule has 0 unspecified atom stereocenters. The largest absolute Gasteiger partial charge is 0.507 e. The number of rotatable bonds is 2. The van der Waals surface area contributed by atoms with Gasteiger partial charge in [0.05, 0.1) is 7.11 Å². The van der Waals surface area contributed by atoms with Crippen LogP contribution in [0.5, 0.6) is 5.75 Å². The molecule has 5 nitrogen and oxygen atoms in total. The summed E-state index contributed by atoms with van der Waals surface area (Å²) in [7, 11) is 4.51. The molecule has 6 heteroatoms. The lowest BCUT2D eigenvalue weighted by molar-refractivity contribution is 0.0597. The number of amides is 1. The van der Waals surface area contributed by atoms with Crippen LogP contribution in [0.1, 0.15) is 10.4 Å². The molecule has 0 heterocycles. The van der Waals surface area contributed by atoms with E-state index >= 15 is 0 Å². The lowest BCUT2D eigenvalue weighted by Crippen LogP contribution is -2.16. The summed E-state index contributed by atoms with van der Waals surface area (Å²) >= 11 is 0.969. The van der Waals surface area contributed by atoms with Gasteiger partial charge in [-0.1, -0.05) is 0 Å². The van der Waals surface area contributed by atoms with Crippen molar-refractivity contribution in [2.75, 3.05) is 21.2 Å². The highest BCUT2D eigenvalue weighted by Crippen LogP contribution is 2.27. The van der Waals surface area contributed by atoms with Crippen LogP contribution in [0.15, 0.2) is 23.1 Å². The Labute approximate surface area is 103 Å². The average molecular weight is 255 g/mol. The fourth-order valence-corrected chi connectivity index (χ4v) is 1.74. The predicted molar refractivity (Wildman–Crippen MR) is 64.4 cm³/mol. The van der Waals surface area contributed by atoms with Crippen molar-refractivity contribution in [3.8, 4) is 5.75 Å². The topological polar surface area (TPSA) is 66.8 Å². The van der Waals surface area contributed by atoms with Gasteiger partial charge >= 0.3 is 5.97 Å². The van der Waals surface area contributed by atoms with Crippen molar-refractivity contribution in [3.63, 3.8) is 0 Å². The molecule has 0 radical (unpaired) electrons. The predicted octanol–water partition coefficient (Wildman–Crippen LogP) is 1.95. The average Bonchev–Trinajstić information content (AvgIpc) is 2.28. The first-order valence-corrected chi connectivity index (χ1v) is 5.58. The first kappa shape index (κ1) is 13.4. The van der Waals surface area contributed by atoms with Gasteiger partial charge in [-0.2, -0.15) is 0 Å². The van der Waals surface area contributed by atoms with E-state index < -0.39 is 5.97 Å². The van der Waals surface area contributed by atoms with E-state index in [1.807, 2.05) is 0 Å². The standard InChI is InChI=1S/C11H13NO4S/c1-12(2)11(15)17-7-4-5-8(9(13)6-7)10(14)16-3/h4-6,13H,1-3H3. The van der Waals surface area contributed by atoms with Gasteiger partial charge in [-0.25, -0.2) is 4.79 Å². The van der Waals surface area contributed by atoms with Crippen LogP contribution in [0.25, 0.3) is 0 Å². The first-order chi connectivity index (χ1) is 7.95. The van der Waals surface area contributed by atoms with Crippen LogP contribution in [0.2, 0.25) is 0 Å². The van der Waals surface area contributed by atoms with Gasteiger partial charge < -0.3 is 14.7 Å². The highest BCUT2D eigenvalue weighted by Gasteiger charge is 2.13. The van der Waals surface area contributed by atoms with E-state index in [-0.39, 0.29) is 16.6 Å². The number of nitrogens with zero attached hydrogens (tertiary/aromatic N) is 1. The maximum Gasteiger partial charge on any atom is 0.341 e. The van der Waals surface area contributed by atoms with Gasteiger partial charge in [0.2, 0.25) is 0 Å². The highest BCUT2D eigenvalue weighted by atomic mass is 32.2. The number of hydrogen-bond donors (Lipinski definition) is 1. The zero-order valence-electron chi connectivity index (χ0n) is 9.76. The summed E-state index contributed by atoms with van der Waals surface area (Å²) in [6, 6.07) is 4.36. The third-order valence-electron chi connectivity index (χ3n) is 1.94. The number of phenols is 1. The Morgan fingerprint density at radius 3 is 2.47 bits per heavy atom. The van der Waals surface area contributed by atoms with Crippen molar-refractivity contribution in [1.29, 1.82) is 0 Å². The molecular formula is C11H13NO4S. The van der Waals surface area contributed by atoms with E-state index in [1.165, 1.54) is 24.1 Å². The summed E-state index contributed by atoms with van der Waals surface area (Å²) in [5, 5.41) is 9.45. The molecule has 0 aromatic heterocycles. The Morgan fingerprint density at radius 2 is 2.00 bits per heavy atom. The van der Waals surface area contributed by atoms with Crippen LogP contribution in [0.4, 0.5) is 4.79 Å². The molecular weight excluding hydrogens is 242 g/mol. The Bertz CT molecular complexity index is 445. The molecule has 0 spiro atoms. The Hall–Kier alpha value is -1.69. The fraction of sp³-hybridized carbons (Fsp3) is 0.273. The van der Waals surface area contributed by atoms with E-state index in [1.54, 1.807) is 20.2 Å². The number of aromatic hydroxyl groups is 1. The normalized spacial score (nSPS) is 9.82. The van der Waals surface area contributed by atoms with Crippen LogP contribution in [-0.2, 0) is 4.74 Å². The first-order valence-electron chi connectivity index (χ1n) is 4.76. The number of ether oxygens (including phenoxy) is 1. The van der Waals surface area contributed by atoms with Gasteiger partial charge in [0.15, 0.2) is 0 Å². The molecule has 0 saturated heterocycles. The number of thioether (sulfide) groups is 1. The smallest absolute Gasteiger partial charge is 0.341 e. The number of phenolic OH excluding ortho intramolecular Hbond substituents is 1. The molecule has 1 N–H and O–H groups in total. The SMILES string of the molecule is COC(=O)c1ccc(SC(=O)N(C)C)cc1O. The monoisotopic (exact) mass is 255 g/mol. The molecule has 0 aliphatic heterocycles. The number of benzene rings is 1. The van der Waals surface area contributed by atoms with Gasteiger partial charge in [-0.15, -0.1) is 0 Å². The van der Waals surface area contributed by atoms with Gasteiger partial charge in [0.25, 0.3) is 5.24 Å². The molecule has 0 fully saturated rings. The zero-order valence-corrected chi connectivity index (χ0v) is 10.6. The van der Waals surface area contributed by atoms with Crippen LogP contribution in [0.3, 0.4) is 0 Å². The summed E-state index contributed by atoms with van der Waals surface area (Å²) in [5.41, 5.74) is 0.0779. The number of esters is 1. The molecule has 0 aliphatic rings. The highest BCUT2D eigenvalue weighted by molar-refractivity contribution is 8.13. The summed E-state index contributed by atoms with van der Waals surface area (Å²) in [4.78, 5) is 24.6. The Kier molecular flexibility index (Phi) is 4.39. The minimum Gasteiger partial charge on any atom is -0.507 e. The number of carbonyl (C=O) groups is 2. The molecule has 0 bridgehead atoms. The van der Waals surface area contributed by atoms with E-state index in [4.69, 9.17) is 0 Å². The Morgan fingerprint density at radius 1 is 1.35 bits per heavy atom. The zero-order chi connectivity index (χ0) is 13.0. The van der Waals surface area contributed by atoms with Gasteiger partial charge in [0.1, 0.15) is 11.3 Å². The molecule has 1 rings (SSSR count). The minimum atomic E-state index is -0.613. The third-order valence-corrected chi connectivity index (χ3v) is 2.97. The maximum atomic E-state index is 11.4. The van der Waals surface area contributed by atoms with Crippen LogP contribution < -0.4 is 0 Å². The van der Waals surface area contributed by atoms with Crippen molar-refractivity contribution >= 4 is 23.0 Å². The number of hydrogen-bond acceptors (Lipinski definition) is 5. The van der Waals surface area contributed by atoms with E-state index in [9.17, 15) is 14.7 Å². The second kappa shape index (κ2) is 5.58. The summed E-state index contributed by atoms with van der Waals surface area (Å²) in [6.45, 7) is 0. The van der Waals surface area contributed by atoms with Crippen molar-refractivity contribution < 1.29 is 19.4 Å². The van der Waals surface area contributed by atoms with Crippen LogP contribution in [0, 0.1) is 0 Å². The quantitative estimate of drug-likeness (QED) is 0.646. The summed E-state index contributed by atoms with van der Waals surface area (Å²) in [5.74, 6) is -0.814. The molecule has 1 aromatic carbocycles. The van der Waals surface area contributed by atoms with E-state index in [0.29, 0.717) is 4.90 Å². The third kappa shape index (κ3) is 3.39. The van der Waals surface area contributed by atoms with Crippen molar-refractivity contribution in [2.24, 2.45) is 0 Å². The molecule has 1 aromatic rings.